The van der Waals surface area contributed by atoms with Gasteiger partial charge in [0.1, 0.15) is 30.2 Å². The van der Waals surface area contributed by atoms with Crippen LogP contribution in [-0.2, 0) is 9.59 Å². The molecule has 1 aromatic rings. The van der Waals surface area contributed by atoms with E-state index in [1.54, 1.807) is 16.7 Å². The molecule has 2 amide bonds. The summed E-state index contributed by atoms with van der Waals surface area (Å²) in [5.41, 5.74) is 0. The zero-order chi connectivity index (χ0) is 17.8. The van der Waals surface area contributed by atoms with Gasteiger partial charge in [0, 0.05) is 6.54 Å². The number of amides is 2. The number of fused-ring (bicyclic) bond motifs is 1. The quantitative estimate of drug-likeness (QED) is 0.758. The first-order chi connectivity index (χ1) is 12.1. The third-order valence-electron chi connectivity index (χ3n) is 4.83. The van der Waals surface area contributed by atoms with Crippen LogP contribution in [0.2, 0.25) is 0 Å². The van der Waals surface area contributed by atoms with E-state index in [-0.39, 0.29) is 17.9 Å². The van der Waals surface area contributed by atoms with Crippen LogP contribution in [0, 0.1) is 0 Å². The zero-order valence-corrected chi connectivity index (χ0v) is 14.9. The highest BCUT2D eigenvalue weighted by Gasteiger charge is 2.45. The Labute approximate surface area is 148 Å². The Morgan fingerprint density at radius 1 is 1.04 bits per heavy atom. The Balaban J connectivity index is 1.52. The molecule has 0 aliphatic carbocycles. The molecule has 2 atom stereocenters. The molecule has 0 spiro atoms. The molecular weight excluding hydrogens is 320 g/mol. The summed E-state index contributed by atoms with van der Waals surface area (Å²) in [5.74, 6) is 1.66. The first-order valence-electron chi connectivity index (χ1n) is 9.08. The van der Waals surface area contributed by atoms with Gasteiger partial charge >= 0.3 is 0 Å². The normalized spacial score (nSPS) is 23.0. The molecule has 0 saturated carbocycles. The van der Waals surface area contributed by atoms with Crippen molar-refractivity contribution in [1.82, 2.24) is 9.80 Å². The van der Waals surface area contributed by atoms with Gasteiger partial charge in [0.05, 0.1) is 13.2 Å². The summed E-state index contributed by atoms with van der Waals surface area (Å²) in [7, 11) is 0. The predicted molar refractivity (Wildman–Crippen MR) is 93.6 cm³/mol. The SMILES string of the molecule is CCCOc1ccc(OCCN2C(=O)[C@@H]3CCCN3C(=O)[C@@H]2C)cc1. The Kier molecular flexibility index (Phi) is 5.46. The highest BCUT2D eigenvalue weighted by molar-refractivity contribution is 5.97. The largest absolute Gasteiger partial charge is 0.494 e. The summed E-state index contributed by atoms with van der Waals surface area (Å²) in [5, 5.41) is 0. The second kappa shape index (κ2) is 7.76. The number of hydrogen-bond acceptors (Lipinski definition) is 4. The van der Waals surface area contributed by atoms with E-state index in [1.165, 1.54) is 0 Å². The summed E-state index contributed by atoms with van der Waals surface area (Å²) in [6.45, 7) is 6.05. The van der Waals surface area contributed by atoms with Gasteiger partial charge in [-0.25, -0.2) is 0 Å². The Bertz CT molecular complexity index is 616. The number of carbonyl (C=O) groups excluding carboxylic acids is 2. The molecule has 0 N–H and O–H groups in total. The van der Waals surface area contributed by atoms with Gasteiger partial charge in [0.15, 0.2) is 0 Å². The Morgan fingerprint density at radius 2 is 1.68 bits per heavy atom. The summed E-state index contributed by atoms with van der Waals surface area (Å²) in [6.07, 6.45) is 2.65. The minimum Gasteiger partial charge on any atom is -0.494 e. The van der Waals surface area contributed by atoms with Crippen LogP contribution in [0.1, 0.15) is 33.1 Å². The van der Waals surface area contributed by atoms with Gasteiger partial charge in [0.2, 0.25) is 11.8 Å². The first kappa shape index (κ1) is 17.6. The van der Waals surface area contributed by atoms with Gasteiger partial charge in [-0.15, -0.1) is 0 Å². The lowest BCUT2D eigenvalue weighted by Gasteiger charge is -2.40. The van der Waals surface area contributed by atoms with Crippen LogP contribution in [-0.4, -0.2) is 60.0 Å². The molecule has 2 aliphatic rings. The third kappa shape index (κ3) is 3.72. The first-order valence-corrected chi connectivity index (χ1v) is 9.08. The van der Waals surface area contributed by atoms with Gasteiger partial charge in [-0.1, -0.05) is 6.92 Å². The Hall–Kier alpha value is -2.24. The van der Waals surface area contributed by atoms with Crippen molar-refractivity contribution in [3.63, 3.8) is 0 Å². The fourth-order valence-corrected chi connectivity index (χ4v) is 3.46. The summed E-state index contributed by atoms with van der Waals surface area (Å²) < 4.78 is 11.3. The molecule has 136 valence electrons. The van der Waals surface area contributed by atoms with Crippen LogP contribution in [0.15, 0.2) is 24.3 Å². The van der Waals surface area contributed by atoms with Gasteiger partial charge < -0.3 is 19.3 Å². The van der Waals surface area contributed by atoms with E-state index in [0.29, 0.717) is 26.3 Å². The second-order valence-electron chi connectivity index (χ2n) is 6.57. The molecule has 25 heavy (non-hydrogen) atoms. The van der Waals surface area contributed by atoms with Crippen molar-refractivity contribution in [2.24, 2.45) is 0 Å². The topological polar surface area (TPSA) is 59.1 Å². The number of benzene rings is 1. The lowest BCUT2D eigenvalue weighted by atomic mass is 10.1. The number of carbonyl (C=O) groups is 2. The fourth-order valence-electron chi connectivity index (χ4n) is 3.46. The van der Waals surface area contributed by atoms with Crippen molar-refractivity contribution in [2.45, 2.75) is 45.2 Å². The van der Waals surface area contributed by atoms with E-state index in [0.717, 1.165) is 30.8 Å². The van der Waals surface area contributed by atoms with Crippen molar-refractivity contribution in [3.05, 3.63) is 24.3 Å². The molecule has 0 radical (unpaired) electrons. The van der Waals surface area contributed by atoms with E-state index in [2.05, 4.69) is 6.92 Å². The van der Waals surface area contributed by atoms with Crippen molar-refractivity contribution in [3.8, 4) is 11.5 Å². The van der Waals surface area contributed by atoms with E-state index in [4.69, 9.17) is 9.47 Å². The molecule has 3 rings (SSSR count). The van der Waals surface area contributed by atoms with E-state index in [9.17, 15) is 9.59 Å². The smallest absolute Gasteiger partial charge is 0.246 e. The van der Waals surface area contributed by atoms with Crippen molar-refractivity contribution < 1.29 is 19.1 Å². The van der Waals surface area contributed by atoms with Crippen LogP contribution >= 0.6 is 0 Å². The van der Waals surface area contributed by atoms with E-state index in [1.807, 2.05) is 24.3 Å². The highest BCUT2D eigenvalue weighted by atomic mass is 16.5. The maximum atomic E-state index is 12.6. The zero-order valence-electron chi connectivity index (χ0n) is 14.9. The lowest BCUT2D eigenvalue weighted by Crippen LogP contribution is -2.62. The number of hydrogen-bond donors (Lipinski definition) is 0. The minimum atomic E-state index is -0.407. The van der Waals surface area contributed by atoms with Crippen LogP contribution < -0.4 is 9.47 Å². The maximum absolute atomic E-state index is 12.6. The average Bonchev–Trinajstić information content (AvgIpc) is 3.12. The lowest BCUT2D eigenvalue weighted by molar-refractivity contribution is -0.158. The second-order valence-corrected chi connectivity index (χ2v) is 6.57. The van der Waals surface area contributed by atoms with Gasteiger partial charge in [0.25, 0.3) is 0 Å². The molecule has 2 heterocycles. The van der Waals surface area contributed by atoms with Gasteiger partial charge in [-0.05, 0) is 50.5 Å². The maximum Gasteiger partial charge on any atom is 0.246 e. The van der Waals surface area contributed by atoms with Crippen LogP contribution in [0.3, 0.4) is 0 Å². The third-order valence-corrected chi connectivity index (χ3v) is 4.83. The molecule has 6 heteroatoms. The van der Waals surface area contributed by atoms with Crippen LogP contribution in [0.5, 0.6) is 11.5 Å². The summed E-state index contributed by atoms with van der Waals surface area (Å²) in [4.78, 5) is 28.4. The molecule has 0 bridgehead atoms. The standard InChI is InChI=1S/C19H26N2O4/c1-3-12-24-15-6-8-16(9-7-15)25-13-11-20-14(2)18(22)21-10-4-5-17(21)19(20)23/h6-9,14,17H,3-5,10-13H2,1-2H3/t14-,17-/m0/s1. The van der Waals surface area contributed by atoms with E-state index >= 15 is 0 Å². The van der Waals surface area contributed by atoms with Crippen LogP contribution in [0.4, 0.5) is 0 Å². The molecule has 2 fully saturated rings. The molecule has 1 aromatic carbocycles. The Morgan fingerprint density at radius 3 is 2.32 bits per heavy atom. The number of rotatable bonds is 7. The number of nitrogens with zero attached hydrogens (tertiary/aromatic N) is 2. The van der Waals surface area contributed by atoms with Gasteiger partial charge in [-0.2, -0.15) is 0 Å². The predicted octanol–water partition coefficient (Wildman–Crippen LogP) is 2.08. The molecular formula is C19H26N2O4. The molecule has 2 aliphatic heterocycles. The number of piperazine rings is 1. The monoisotopic (exact) mass is 346 g/mol. The molecule has 2 saturated heterocycles. The summed E-state index contributed by atoms with van der Waals surface area (Å²) in [6, 6.07) is 6.79. The molecule has 0 aromatic heterocycles. The highest BCUT2D eigenvalue weighted by Crippen LogP contribution is 2.26. The molecule has 6 nitrogen and oxygen atoms in total. The van der Waals surface area contributed by atoms with E-state index < -0.39 is 6.04 Å². The minimum absolute atomic E-state index is 0.0523. The van der Waals surface area contributed by atoms with Crippen LogP contribution in [0.25, 0.3) is 0 Å². The van der Waals surface area contributed by atoms with Crippen molar-refractivity contribution in [1.29, 1.82) is 0 Å². The molecule has 0 unspecified atom stereocenters. The average molecular weight is 346 g/mol. The fraction of sp³-hybridized carbons (Fsp3) is 0.579. The summed E-state index contributed by atoms with van der Waals surface area (Å²) >= 11 is 0. The number of ether oxygens (including phenoxy) is 2. The van der Waals surface area contributed by atoms with Crippen molar-refractivity contribution in [2.75, 3.05) is 26.3 Å². The van der Waals surface area contributed by atoms with Gasteiger partial charge in [-0.3, -0.25) is 9.59 Å². The van der Waals surface area contributed by atoms with Crippen molar-refractivity contribution >= 4 is 11.8 Å².